The Kier molecular flexibility index (Phi) is 10.5. The summed E-state index contributed by atoms with van der Waals surface area (Å²) in [5.74, 6) is -0.414. The van der Waals surface area contributed by atoms with Crippen LogP contribution >= 0.6 is 0 Å². The number of carboxylic acid groups (broad SMARTS) is 1. The maximum Gasteiger partial charge on any atom is 0.308 e. The number of unbranched alkanes of at least 4 members (excludes halogenated alkanes) is 2. The first kappa shape index (κ1) is 29.5. The molecule has 2 aromatic rings. The molecule has 0 bridgehead atoms. The molecule has 2 aliphatic heterocycles. The van der Waals surface area contributed by atoms with E-state index >= 15 is 0 Å². The van der Waals surface area contributed by atoms with E-state index in [1.807, 2.05) is 28.0 Å². The Morgan fingerprint density at radius 2 is 2.05 bits per heavy atom. The molecule has 3 heterocycles. The van der Waals surface area contributed by atoms with Crippen molar-refractivity contribution in [2.75, 3.05) is 46.6 Å². The van der Waals surface area contributed by atoms with Gasteiger partial charge < -0.3 is 30.0 Å². The minimum Gasteiger partial charge on any atom is -0.493 e. The third-order valence-corrected chi connectivity index (χ3v) is 7.84. The van der Waals surface area contributed by atoms with Gasteiger partial charge in [-0.15, -0.1) is 0 Å². The first-order chi connectivity index (χ1) is 19.5. The molecule has 3 atom stereocenters. The number of fused-ring (bicyclic) bond motifs is 1. The highest BCUT2D eigenvalue weighted by Crippen LogP contribution is 2.47. The summed E-state index contributed by atoms with van der Waals surface area (Å²) in [4.78, 5) is 38.7. The first-order valence-electron chi connectivity index (χ1n) is 14.1. The number of methoxy groups -OCH3 is 1. The van der Waals surface area contributed by atoms with Gasteiger partial charge in [0.15, 0.2) is 11.5 Å². The van der Waals surface area contributed by atoms with E-state index in [0.717, 1.165) is 36.9 Å². The van der Waals surface area contributed by atoms with Crippen molar-refractivity contribution < 1.29 is 28.9 Å². The summed E-state index contributed by atoms with van der Waals surface area (Å²) in [6.07, 6.45) is 7.91. The maximum absolute atomic E-state index is 13.6. The number of carbonyl (C=O) groups excluding carboxylic acids is 1. The van der Waals surface area contributed by atoms with E-state index in [1.54, 1.807) is 13.3 Å². The highest BCUT2D eigenvalue weighted by atomic mass is 16.7. The molecule has 3 N–H and O–H groups in total. The number of rotatable bonds is 15. The normalized spacial score (nSPS) is 20.0. The Labute approximate surface area is 235 Å². The molecule has 2 aliphatic rings. The Hall–Kier alpha value is -3.44. The zero-order valence-electron chi connectivity index (χ0n) is 23.5. The lowest BCUT2D eigenvalue weighted by atomic mass is 9.83. The molecule has 0 radical (unpaired) electrons. The van der Waals surface area contributed by atoms with Crippen LogP contribution in [0.4, 0.5) is 0 Å². The molecule has 1 amide bonds. The van der Waals surface area contributed by atoms with Crippen molar-refractivity contribution in [1.82, 2.24) is 19.8 Å². The lowest BCUT2D eigenvalue weighted by Gasteiger charge is -2.29. The number of amides is 1. The number of hydrogen-bond donors (Lipinski definition) is 2. The van der Waals surface area contributed by atoms with Crippen LogP contribution in [-0.2, 0) is 16.0 Å². The molecule has 11 heteroatoms. The summed E-state index contributed by atoms with van der Waals surface area (Å²) in [6, 6.07) is 5.15. The number of carbonyl (C=O) groups is 2. The van der Waals surface area contributed by atoms with Crippen LogP contribution in [-0.4, -0.2) is 89.4 Å². The minimum atomic E-state index is -0.893. The third-order valence-electron chi connectivity index (χ3n) is 7.84. The van der Waals surface area contributed by atoms with Gasteiger partial charge in [0.1, 0.15) is 6.33 Å². The average molecular weight is 556 g/mol. The number of carboxylic acids is 1. The number of aromatic nitrogens is 2. The summed E-state index contributed by atoms with van der Waals surface area (Å²) in [5.41, 5.74) is 7.32. The Morgan fingerprint density at radius 3 is 2.75 bits per heavy atom. The molecule has 0 unspecified atom stereocenters. The molecular formula is C29H41N5O6. The number of nitrogens with two attached hydrogens (primary N) is 1. The van der Waals surface area contributed by atoms with E-state index in [2.05, 4.69) is 16.9 Å². The molecule has 1 aromatic heterocycles. The highest BCUT2D eigenvalue weighted by Gasteiger charge is 2.47. The summed E-state index contributed by atoms with van der Waals surface area (Å²) < 4.78 is 16.7. The van der Waals surface area contributed by atoms with Gasteiger partial charge in [-0.2, -0.15) is 0 Å². The van der Waals surface area contributed by atoms with Crippen LogP contribution in [0.2, 0.25) is 0 Å². The van der Waals surface area contributed by atoms with E-state index in [9.17, 15) is 14.7 Å². The lowest BCUT2D eigenvalue weighted by molar-refractivity contribution is -0.143. The van der Waals surface area contributed by atoms with Gasteiger partial charge in [-0.25, -0.2) is 9.97 Å². The van der Waals surface area contributed by atoms with E-state index in [4.69, 9.17) is 19.9 Å². The SMILES string of the molecule is CCCCN(CCCCN)C(=O)CN1C[C@H](c2cc(OC)c3c(c2)OCO3)[C@@H](C(=O)O)[C@@H]1CCc1ccncn1. The van der Waals surface area contributed by atoms with E-state index in [0.29, 0.717) is 56.3 Å². The fourth-order valence-corrected chi connectivity index (χ4v) is 5.75. The standard InChI is InChI=1S/C29H41N5O6/c1-3-4-12-33(13-6-5-10-30)26(35)17-34-16-22(20-14-24(38-2)28-25(15-20)39-19-40-28)27(29(36)37)23(34)8-7-21-9-11-31-18-32-21/h9,11,14-15,18,22-23,27H,3-8,10,12-13,16-17,19,30H2,1-2H3,(H,36,37)/t22-,23+,27-/m1/s1. The molecular weight excluding hydrogens is 514 g/mol. The number of aryl methyl sites for hydroxylation is 1. The second-order valence-electron chi connectivity index (χ2n) is 10.4. The van der Waals surface area contributed by atoms with Crippen molar-refractivity contribution >= 4 is 11.9 Å². The predicted octanol–water partition coefficient (Wildman–Crippen LogP) is 2.68. The molecule has 0 aliphatic carbocycles. The predicted molar refractivity (Wildman–Crippen MR) is 148 cm³/mol. The fourth-order valence-electron chi connectivity index (χ4n) is 5.75. The Bertz CT molecular complexity index is 1130. The highest BCUT2D eigenvalue weighted by molar-refractivity contribution is 5.79. The largest absolute Gasteiger partial charge is 0.493 e. The molecule has 40 heavy (non-hydrogen) atoms. The van der Waals surface area contributed by atoms with E-state index < -0.39 is 11.9 Å². The molecule has 0 saturated carbocycles. The van der Waals surface area contributed by atoms with Gasteiger partial charge in [-0.3, -0.25) is 14.5 Å². The van der Waals surface area contributed by atoms with Crippen LogP contribution in [0.1, 0.15) is 56.2 Å². The second-order valence-corrected chi connectivity index (χ2v) is 10.4. The molecule has 0 spiro atoms. The second kappa shape index (κ2) is 14.3. The van der Waals surface area contributed by atoms with Gasteiger partial charge in [0, 0.05) is 43.5 Å². The lowest BCUT2D eigenvalue weighted by Crippen LogP contribution is -2.45. The van der Waals surface area contributed by atoms with E-state index in [-0.39, 0.29) is 31.2 Å². The van der Waals surface area contributed by atoms with Gasteiger partial charge in [0.2, 0.25) is 18.4 Å². The number of hydrogen-bond acceptors (Lipinski definition) is 9. The van der Waals surface area contributed by atoms with Gasteiger partial charge in [-0.1, -0.05) is 13.3 Å². The monoisotopic (exact) mass is 555 g/mol. The zero-order valence-corrected chi connectivity index (χ0v) is 23.5. The zero-order chi connectivity index (χ0) is 28.5. The van der Waals surface area contributed by atoms with Crippen molar-refractivity contribution in [3.8, 4) is 17.2 Å². The molecule has 1 saturated heterocycles. The Morgan fingerprint density at radius 1 is 1.23 bits per heavy atom. The van der Waals surface area contributed by atoms with Crippen LogP contribution in [0, 0.1) is 5.92 Å². The maximum atomic E-state index is 13.6. The van der Waals surface area contributed by atoms with Gasteiger partial charge in [0.05, 0.1) is 19.6 Å². The average Bonchev–Trinajstić information content (AvgIpc) is 3.58. The number of likely N-dealkylation sites (tertiary alicyclic amines) is 1. The van der Waals surface area contributed by atoms with Crippen LogP contribution in [0.25, 0.3) is 0 Å². The molecule has 1 fully saturated rings. The number of nitrogens with zero attached hydrogens (tertiary/aromatic N) is 4. The van der Waals surface area contributed by atoms with Gasteiger partial charge in [0.25, 0.3) is 0 Å². The molecule has 11 nitrogen and oxygen atoms in total. The number of benzene rings is 1. The van der Waals surface area contributed by atoms with Crippen LogP contribution in [0.15, 0.2) is 30.7 Å². The minimum absolute atomic E-state index is 0.0190. The summed E-state index contributed by atoms with van der Waals surface area (Å²) in [7, 11) is 1.55. The molecule has 1 aromatic carbocycles. The number of aliphatic carboxylic acids is 1. The summed E-state index contributed by atoms with van der Waals surface area (Å²) in [6.45, 7) is 4.70. The summed E-state index contributed by atoms with van der Waals surface area (Å²) in [5, 5.41) is 10.5. The number of ether oxygens (including phenoxy) is 3. The molecule has 4 rings (SSSR count). The smallest absolute Gasteiger partial charge is 0.308 e. The fraction of sp³-hybridized carbons (Fsp3) is 0.586. The van der Waals surface area contributed by atoms with Gasteiger partial charge >= 0.3 is 5.97 Å². The van der Waals surface area contributed by atoms with Crippen molar-refractivity contribution in [1.29, 1.82) is 0 Å². The molecule has 218 valence electrons. The van der Waals surface area contributed by atoms with Crippen LogP contribution in [0.3, 0.4) is 0 Å². The van der Waals surface area contributed by atoms with Crippen molar-refractivity contribution in [2.24, 2.45) is 11.7 Å². The van der Waals surface area contributed by atoms with Crippen molar-refractivity contribution in [2.45, 2.75) is 57.4 Å². The quantitative estimate of drug-likeness (QED) is 0.315. The van der Waals surface area contributed by atoms with E-state index in [1.165, 1.54) is 6.33 Å². The Balaban J connectivity index is 1.62. The van der Waals surface area contributed by atoms with Gasteiger partial charge in [-0.05, 0) is 62.4 Å². The first-order valence-corrected chi connectivity index (χ1v) is 14.1. The van der Waals surface area contributed by atoms with Crippen molar-refractivity contribution in [3.63, 3.8) is 0 Å². The van der Waals surface area contributed by atoms with Crippen LogP contribution in [0.5, 0.6) is 17.2 Å². The van der Waals surface area contributed by atoms with Crippen LogP contribution < -0.4 is 19.9 Å². The van der Waals surface area contributed by atoms with Crippen molar-refractivity contribution in [3.05, 3.63) is 42.0 Å². The topological polar surface area (TPSA) is 140 Å². The third kappa shape index (κ3) is 7.00. The summed E-state index contributed by atoms with van der Waals surface area (Å²) >= 11 is 0.